The standard InChI is InChI=1S/C18H32N2O/c1-5-17(6-2)20(13-14-21-4)18(15-19-7-3)16-11-9-8-10-12-16/h8-12,17-19H,5-7,13-15H2,1-4H3. The van der Waals surface area contributed by atoms with Crippen LogP contribution in [0.4, 0.5) is 0 Å². The smallest absolute Gasteiger partial charge is 0.0590 e. The Labute approximate surface area is 130 Å². The van der Waals surface area contributed by atoms with Gasteiger partial charge in [-0.2, -0.15) is 0 Å². The monoisotopic (exact) mass is 292 g/mol. The van der Waals surface area contributed by atoms with Gasteiger partial charge >= 0.3 is 0 Å². The van der Waals surface area contributed by atoms with Crippen molar-refractivity contribution in [2.75, 3.05) is 33.4 Å². The molecule has 3 heteroatoms. The van der Waals surface area contributed by atoms with Crippen molar-refractivity contribution in [1.82, 2.24) is 10.2 Å². The molecule has 1 unspecified atom stereocenters. The maximum absolute atomic E-state index is 5.34. The van der Waals surface area contributed by atoms with Crippen molar-refractivity contribution in [2.45, 2.75) is 45.7 Å². The minimum atomic E-state index is 0.409. The van der Waals surface area contributed by atoms with Crippen molar-refractivity contribution in [3.05, 3.63) is 35.9 Å². The second-order valence-corrected chi connectivity index (χ2v) is 5.44. The summed E-state index contributed by atoms with van der Waals surface area (Å²) < 4.78 is 5.34. The van der Waals surface area contributed by atoms with Gasteiger partial charge in [0, 0.05) is 32.3 Å². The zero-order valence-electron chi connectivity index (χ0n) is 14.1. The predicted octanol–water partition coefficient (Wildman–Crippen LogP) is 3.47. The first-order chi connectivity index (χ1) is 10.3. The van der Waals surface area contributed by atoms with E-state index in [9.17, 15) is 0 Å². The zero-order chi connectivity index (χ0) is 15.5. The summed E-state index contributed by atoms with van der Waals surface area (Å²) in [5.74, 6) is 0. The normalized spacial score (nSPS) is 13.0. The second kappa shape index (κ2) is 10.8. The summed E-state index contributed by atoms with van der Waals surface area (Å²) in [4.78, 5) is 2.61. The third kappa shape index (κ3) is 5.77. The molecule has 0 radical (unpaired) electrons. The van der Waals surface area contributed by atoms with Gasteiger partial charge in [0.15, 0.2) is 0 Å². The van der Waals surface area contributed by atoms with Gasteiger partial charge in [-0.1, -0.05) is 51.1 Å². The number of nitrogens with zero attached hydrogens (tertiary/aromatic N) is 1. The van der Waals surface area contributed by atoms with Gasteiger partial charge in [0.25, 0.3) is 0 Å². The third-order valence-electron chi connectivity index (χ3n) is 4.14. The number of ether oxygens (including phenoxy) is 1. The molecule has 0 aromatic heterocycles. The Kier molecular flexibility index (Phi) is 9.31. The predicted molar refractivity (Wildman–Crippen MR) is 90.7 cm³/mol. The van der Waals surface area contributed by atoms with Crippen LogP contribution >= 0.6 is 0 Å². The number of hydrogen-bond donors (Lipinski definition) is 1. The quantitative estimate of drug-likeness (QED) is 0.676. The highest BCUT2D eigenvalue weighted by Gasteiger charge is 2.25. The largest absolute Gasteiger partial charge is 0.383 e. The molecule has 0 aliphatic rings. The highest BCUT2D eigenvalue weighted by molar-refractivity contribution is 5.19. The van der Waals surface area contributed by atoms with E-state index in [1.807, 2.05) is 0 Å². The molecule has 0 saturated heterocycles. The molecular weight excluding hydrogens is 260 g/mol. The number of hydrogen-bond acceptors (Lipinski definition) is 3. The summed E-state index contributed by atoms with van der Waals surface area (Å²) >= 11 is 0. The van der Waals surface area contributed by atoms with Crippen molar-refractivity contribution >= 4 is 0 Å². The highest BCUT2D eigenvalue weighted by Crippen LogP contribution is 2.25. The lowest BCUT2D eigenvalue weighted by atomic mass is 10.0. The lowest BCUT2D eigenvalue weighted by Gasteiger charge is -2.38. The van der Waals surface area contributed by atoms with Crippen LogP contribution in [0, 0.1) is 0 Å². The lowest BCUT2D eigenvalue weighted by Crippen LogP contribution is -2.43. The van der Waals surface area contributed by atoms with Crippen LogP contribution in [0.3, 0.4) is 0 Å². The molecule has 0 fully saturated rings. The average molecular weight is 292 g/mol. The minimum absolute atomic E-state index is 0.409. The molecule has 0 amide bonds. The van der Waals surface area contributed by atoms with Crippen LogP contribution in [-0.2, 0) is 4.74 Å². The molecule has 1 N–H and O–H groups in total. The molecular formula is C18H32N2O. The van der Waals surface area contributed by atoms with E-state index in [1.54, 1.807) is 7.11 Å². The van der Waals surface area contributed by atoms with Crippen molar-refractivity contribution in [1.29, 1.82) is 0 Å². The van der Waals surface area contributed by atoms with Gasteiger partial charge in [-0.25, -0.2) is 0 Å². The van der Waals surface area contributed by atoms with E-state index in [1.165, 1.54) is 18.4 Å². The van der Waals surface area contributed by atoms with Gasteiger partial charge in [-0.3, -0.25) is 4.90 Å². The van der Waals surface area contributed by atoms with Crippen LogP contribution in [0.25, 0.3) is 0 Å². The SMILES string of the molecule is CCNCC(c1ccccc1)N(CCOC)C(CC)CC. The molecule has 1 rings (SSSR count). The van der Waals surface area contributed by atoms with Crippen molar-refractivity contribution < 1.29 is 4.74 Å². The summed E-state index contributed by atoms with van der Waals surface area (Å²) in [5.41, 5.74) is 1.39. The molecule has 1 aromatic carbocycles. The fourth-order valence-electron chi connectivity index (χ4n) is 2.93. The van der Waals surface area contributed by atoms with Crippen LogP contribution in [0.15, 0.2) is 30.3 Å². The van der Waals surface area contributed by atoms with Gasteiger partial charge in [0.2, 0.25) is 0 Å². The molecule has 0 heterocycles. The van der Waals surface area contributed by atoms with E-state index >= 15 is 0 Å². The Morgan fingerprint density at radius 1 is 1.10 bits per heavy atom. The van der Waals surface area contributed by atoms with Gasteiger partial charge in [0.1, 0.15) is 0 Å². The number of benzene rings is 1. The summed E-state index contributed by atoms with van der Waals surface area (Å²) in [6, 6.07) is 11.8. The Hall–Kier alpha value is -0.900. The highest BCUT2D eigenvalue weighted by atomic mass is 16.5. The van der Waals surface area contributed by atoms with Gasteiger partial charge < -0.3 is 10.1 Å². The van der Waals surface area contributed by atoms with Gasteiger partial charge in [-0.05, 0) is 24.9 Å². The van der Waals surface area contributed by atoms with Gasteiger partial charge in [0.05, 0.1) is 6.61 Å². The first-order valence-electron chi connectivity index (χ1n) is 8.28. The Morgan fingerprint density at radius 3 is 2.29 bits per heavy atom. The molecule has 0 saturated carbocycles. The summed E-state index contributed by atoms with van der Waals surface area (Å²) in [6.45, 7) is 10.5. The molecule has 1 aromatic rings. The third-order valence-corrected chi connectivity index (χ3v) is 4.14. The molecule has 21 heavy (non-hydrogen) atoms. The van der Waals surface area contributed by atoms with Crippen molar-refractivity contribution in [3.63, 3.8) is 0 Å². The molecule has 0 spiro atoms. The molecule has 0 aliphatic carbocycles. The average Bonchev–Trinajstić information content (AvgIpc) is 2.54. The number of methoxy groups -OCH3 is 1. The van der Waals surface area contributed by atoms with Crippen LogP contribution < -0.4 is 5.32 Å². The molecule has 0 aliphatic heterocycles. The van der Waals surface area contributed by atoms with Crippen LogP contribution in [0.5, 0.6) is 0 Å². The van der Waals surface area contributed by atoms with Crippen LogP contribution in [0.2, 0.25) is 0 Å². The van der Waals surface area contributed by atoms with Crippen LogP contribution in [0.1, 0.15) is 45.2 Å². The molecule has 3 nitrogen and oxygen atoms in total. The van der Waals surface area contributed by atoms with Gasteiger partial charge in [-0.15, -0.1) is 0 Å². The number of rotatable bonds is 11. The van der Waals surface area contributed by atoms with Crippen molar-refractivity contribution in [3.8, 4) is 0 Å². The Balaban J connectivity index is 2.97. The minimum Gasteiger partial charge on any atom is -0.383 e. The van der Waals surface area contributed by atoms with E-state index in [4.69, 9.17) is 4.74 Å². The molecule has 1 atom stereocenters. The maximum Gasteiger partial charge on any atom is 0.0590 e. The van der Waals surface area contributed by atoms with Crippen molar-refractivity contribution in [2.24, 2.45) is 0 Å². The number of likely N-dealkylation sites (N-methyl/N-ethyl adjacent to an activating group) is 1. The van der Waals surface area contributed by atoms with E-state index in [0.29, 0.717) is 12.1 Å². The lowest BCUT2D eigenvalue weighted by molar-refractivity contribution is 0.0785. The number of nitrogens with one attached hydrogen (secondary N) is 1. The fraction of sp³-hybridized carbons (Fsp3) is 0.667. The first-order valence-corrected chi connectivity index (χ1v) is 8.28. The maximum atomic E-state index is 5.34. The fourth-order valence-corrected chi connectivity index (χ4v) is 2.93. The summed E-state index contributed by atoms with van der Waals surface area (Å²) in [6.07, 6.45) is 2.35. The van der Waals surface area contributed by atoms with E-state index in [2.05, 4.69) is 61.3 Å². The topological polar surface area (TPSA) is 24.5 Å². The zero-order valence-corrected chi connectivity index (χ0v) is 14.1. The summed E-state index contributed by atoms with van der Waals surface area (Å²) in [5, 5.41) is 3.52. The Morgan fingerprint density at radius 2 is 1.76 bits per heavy atom. The van der Waals surface area contributed by atoms with Crippen LogP contribution in [-0.4, -0.2) is 44.3 Å². The van der Waals surface area contributed by atoms with E-state index < -0.39 is 0 Å². The summed E-state index contributed by atoms with van der Waals surface area (Å²) in [7, 11) is 1.78. The molecule has 120 valence electrons. The second-order valence-electron chi connectivity index (χ2n) is 5.44. The molecule has 0 bridgehead atoms. The first kappa shape index (κ1) is 18.1. The Bertz CT molecular complexity index is 351. The van der Waals surface area contributed by atoms with E-state index in [0.717, 1.165) is 26.2 Å². The van der Waals surface area contributed by atoms with E-state index in [-0.39, 0.29) is 0 Å².